The number of anilines is 2. The second-order valence-electron chi connectivity index (χ2n) is 10.1. The fraction of sp³-hybridized carbons (Fsp3) is 0.333. The first-order valence-corrected chi connectivity index (χ1v) is 11.3. The highest BCUT2D eigenvalue weighted by Gasteiger charge is 2.42. The highest BCUT2D eigenvalue weighted by atomic mass is 19.1. The number of fused-ring (bicyclic) bond motifs is 1. The molecule has 0 saturated carbocycles. The number of ketones is 1. The Morgan fingerprint density at radius 3 is 2.36 bits per heavy atom. The standard InChI is InChI=1S/C27H29FN4O/c1-16-23-24(17-6-10-19(11-7-17)31(4)5)25-21(14-27(2,3)15-22(25)33)29-26(23)32(30-16)20-12-8-18(28)9-13-20/h6-13,24,29H,14-15H2,1-5H3/t24-/m0/s1. The van der Waals surface area contributed by atoms with E-state index in [1.807, 2.05) is 25.7 Å². The Morgan fingerprint density at radius 2 is 1.73 bits per heavy atom. The molecule has 0 fully saturated rings. The third-order valence-electron chi connectivity index (χ3n) is 6.69. The van der Waals surface area contributed by atoms with Crippen LogP contribution in [0, 0.1) is 18.2 Å². The number of aromatic nitrogens is 2. The van der Waals surface area contributed by atoms with Crippen molar-refractivity contribution in [3.8, 4) is 5.69 Å². The molecule has 1 aliphatic heterocycles. The molecule has 1 aromatic heterocycles. The molecule has 0 bridgehead atoms. The van der Waals surface area contributed by atoms with Crippen LogP contribution in [0.25, 0.3) is 5.69 Å². The maximum absolute atomic E-state index is 13.6. The number of carbonyl (C=O) groups is 1. The molecule has 6 heteroatoms. The summed E-state index contributed by atoms with van der Waals surface area (Å²) in [7, 11) is 4.03. The second kappa shape index (κ2) is 7.58. The number of benzene rings is 2. The number of hydrogen-bond acceptors (Lipinski definition) is 4. The summed E-state index contributed by atoms with van der Waals surface area (Å²) in [4.78, 5) is 15.5. The average molecular weight is 445 g/mol. The molecule has 2 aliphatic rings. The highest BCUT2D eigenvalue weighted by Crippen LogP contribution is 2.50. The number of nitrogens with one attached hydrogen (secondary N) is 1. The Hall–Kier alpha value is -3.41. The number of aryl methyl sites for hydroxylation is 1. The fourth-order valence-electron chi connectivity index (χ4n) is 5.14. The number of nitrogens with zero attached hydrogens (tertiary/aromatic N) is 3. The zero-order valence-electron chi connectivity index (χ0n) is 19.7. The van der Waals surface area contributed by atoms with Crippen molar-refractivity contribution in [1.82, 2.24) is 9.78 Å². The van der Waals surface area contributed by atoms with E-state index in [2.05, 4.69) is 48.3 Å². The van der Waals surface area contributed by atoms with Crippen molar-refractivity contribution in [2.45, 2.75) is 39.5 Å². The number of allylic oxidation sites excluding steroid dienone is 2. The lowest BCUT2D eigenvalue weighted by Gasteiger charge is -2.38. The van der Waals surface area contributed by atoms with Crippen LogP contribution >= 0.6 is 0 Å². The minimum Gasteiger partial charge on any atom is -0.378 e. The van der Waals surface area contributed by atoms with Crippen LogP contribution in [0.5, 0.6) is 0 Å². The Kier molecular flexibility index (Phi) is 4.92. The molecule has 0 amide bonds. The van der Waals surface area contributed by atoms with Crippen molar-refractivity contribution in [3.05, 3.63) is 82.4 Å². The van der Waals surface area contributed by atoms with Gasteiger partial charge in [-0.25, -0.2) is 9.07 Å². The van der Waals surface area contributed by atoms with Crippen molar-refractivity contribution in [3.63, 3.8) is 0 Å². The SMILES string of the molecule is Cc1nn(-c2ccc(F)cc2)c2c1[C@H](c1ccc(N(C)C)cc1)C1=C(CC(C)(C)CC1=O)N2. The van der Waals surface area contributed by atoms with Gasteiger partial charge in [0.05, 0.1) is 11.4 Å². The predicted molar refractivity (Wildman–Crippen MR) is 130 cm³/mol. The van der Waals surface area contributed by atoms with Gasteiger partial charge in [0, 0.05) is 49.0 Å². The molecular weight excluding hydrogens is 415 g/mol. The molecule has 170 valence electrons. The molecule has 33 heavy (non-hydrogen) atoms. The molecular formula is C27H29FN4O. The van der Waals surface area contributed by atoms with Crippen molar-refractivity contribution in [2.75, 3.05) is 24.3 Å². The number of carbonyl (C=O) groups excluding carboxylic acids is 1. The van der Waals surface area contributed by atoms with Crippen LogP contribution in [-0.2, 0) is 4.79 Å². The van der Waals surface area contributed by atoms with Gasteiger partial charge in [-0.1, -0.05) is 26.0 Å². The van der Waals surface area contributed by atoms with Gasteiger partial charge >= 0.3 is 0 Å². The number of rotatable bonds is 3. The van der Waals surface area contributed by atoms with E-state index in [-0.39, 0.29) is 22.9 Å². The molecule has 2 heterocycles. The molecule has 1 atom stereocenters. The quantitative estimate of drug-likeness (QED) is 0.572. The summed E-state index contributed by atoms with van der Waals surface area (Å²) in [5, 5.41) is 8.39. The van der Waals surface area contributed by atoms with Crippen LogP contribution < -0.4 is 10.2 Å². The lowest BCUT2D eigenvalue weighted by atomic mass is 9.69. The lowest BCUT2D eigenvalue weighted by molar-refractivity contribution is -0.118. The molecule has 1 N–H and O–H groups in total. The third-order valence-corrected chi connectivity index (χ3v) is 6.69. The first-order chi connectivity index (χ1) is 15.6. The number of halogens is 1. The minimum absolute atomic E-state index is 0.116. The van der Waals surface area contributed by atoms with Crippen molar-refractivity contribution >= 4 is 17.3 Å². The van der Waals surface area contributed by atoms with Crippen molar-refractivity contribution in [1.29, 1.82) is 0 Å². The van der Waals surface area contributed by atoms with Crippen LogP contribution in [-0.4, -0.2) is 29.7 Å². The average Bonchev–Trinajstić information content (AvgIpc) is 3.08. The Bertz CT molecular complexity index is 1270. The highest BCUT2D eigenvalue weighted by molar-refractivity contribution is 6.01. The normalized spacial score (nSPS) is 19.1. The van der Waals surface area contributed by atoms with Crippen LogP contribution in [0.1, 0.15) is 49.4 Å². The summed E-state index contributed by atoms with van der Waals surface area (Å²) in [5.74, 6) is 0.568. The van der Waals surface area contributed by atoms with E-state index in [0.717, 1.165) is 51.7 Å². The largest absolute Gasteiger partial charge is 0.378 e. The van der Waals surface area contributed by atoms with Crippen molar-refractivity contribution < 1.29 is 9.18 Å². The van der Waals surface area contributed by atoms with Gasteiger partial charge in [0.1, 0.15) is 11.6 Å². The maximum atomic E-state index is 13.6. The summed E-state index contributed by atoms with van der Waals surface area (Å²) in [6.45, 7) is 6.25. The smallest absolute Gasteiger partial charge is 0.162 e. The topological polar surface area (TPSA) is 50.2 Å². The van der Waals surface area contributed by atoms with E-state index in [1.54, 1.807) is 12.1 Å². The van der Waals surface area contributed by atoms with Gasteiger partial charge in [-0.15, -0.1) is 0 Å². The number of Topliss-reactive ketones (excluding diaryl/α,β-unsaturated/α-hetero) is 1. The van der Waals surface area contributed by atoms with Crippen LogP contribution in [0.4, 0.5) is 15.9 Å². The fourth-order valence-corrected chi connectivity index (χ4v) is 5.14. The monoisotopic (exact) mass is 444 g/mol. The zero-order chi connectivity index (χ0) is 23.5. The molecule has 5 nitrogen and oxygen atoms in total. The molecule has 5 rings (SSSR count). The van der Waals surface area contributed by atoms with Crippen LogP contribution in [0.2, 0.25) is 0 Å². The molecule has 0 saturated heterocycles. The second-order valence-corrected chi connectivity index (χ2v) is 10.1. The lowest BCUT2D eigenvalue weighted by Crippen LogP contribution is -2.34. The molecule has 3 aromatic rings. The molecule has 0 radical (unpaired) electrons. The minimum atomic E-state index is -0.284. The summed E-state index contributed by atoms with van der Waals surface area (Å²) in [6, 6.07) is 14.7. The van der Waals surface area contributed by atoms with Gasteiger partial charge < -0.3 is 10.2 Å². The van der Waals surface area contributed by atoms with E-state index in [9.17, 15) is 9.18 Å². The van der Waals surface area contributed by atoms with Crippen LogP contribution in [0.15, 0.2) is 59.8 Å². The predicted octanol–water partition coefficient (Wildman–Crippen LogP) is 5.59. The van der Waals surface area contributed by atoms with Gasteiger partial charge in [0.2, 0.25) is 0 Å². The molecule has 0 spiro atoms. The van der Waals surface area contributed by atoms with Crippen LogP contribution in [0.3, 0.4) is 0 Å². The molecule has 2 aromatic carbocycles. The third kappa shape index (κ3) is 3.63. The first-order valence-electron chi connectivity index (χ1n) is 11.3. The van der Waals surface area contributed by atoms with Crippen molar-refractivity contribution in [2.24, 2.45) is 5.41 Å². The Morgan fingerprint density at radius 1 is 1.06 bits per heavy atom. The maximum Gasteiger partial charge on any atom is 0.162 e. The number of hydrogen-bond donors (Lipinski definition) is 1. The van der Waals surface area contributed by atoms with E-state index in [0.29, 0.717) is 6.42 Å². The Labute approximate surface area is 193 Å². The summed E-state index contributed by atoms with van der Waals surface area (Å²) in [6.07, 6.45) is 1.31. The van der Waals surface area contributed by atoms with E-state index < -0.39 is 0 Å². The molecule has 0 unspecified atom stereocenters. The van der Waals surface area contributed by atoms with Gasteiger partial charge in [0.15, 0.2) is 5.78 Å². The summed E-state index contributed by atoms with van der Waals surface area (Å²) < 4.78 is 15.4. The Balaban J connectivity index is 1.72. The van der Waals surface area contributed by atoms with E-state index in [1.165, 1.54) is 12.1 Å². The van der Waals surface area contributed by atoms with Gasteiger partial charge in [-0.2, -0.15) is 5.10 Å². The van der Waals surface area contributed by atoms with Gasteiger partial charge in [-0.05, 0) is 60.7 Å². The summed E-state index contributed by atoms with van der Waals surface area (Å²) >= 11 is 0. The van der Waals surface area contributed by atoms with Gasteiger partial charge in [0.25, 0.3) is 0 Å². The van der Waals surface area contributed by atoms with Gasteiger partial charge in [-0.3, -0.25) is 4.79 Å². The molecule has 1 aliphatic carbocycles. The van der Waals surface area contributed by atoms with E-state index in [4.69, 9.17) is 5.10 Å². The first kappa shape index (κ1) is 21.4. The summed E-state index contributed by atoms with van der Waals surface area (Å²) in [5.41, 5.74) is 6.52. The zero-order valence-corrected chi connectivity index (χ0v) is 19.7. The van der Waals surface area contributed by atoms with E-state index >= 15 is 0 Å².